The first-order valence-electron chi connectivity index (χ1n) is 10.4. The Morgan fingerprint density at radius 2 is 1.78 bits per heavy atom. The molecule has 3 heterocycles. The summed E-state index contributed by atoms with van der Waals surface area (Å²) in [4.78, 5) is 24.8. The van der Waals surface area contributed by atoms with Crippen molar-refractivity contribution in [2.75, 3.05) is 5.32 Å². The van der Waals surface area contributed by atoms with Gasteiger partial charge < -0.3 is 5.32 Å². The predicted molar refractivity (Wildman–Crippen MR) is 125 cm³/mol. The second-order valence-electron chi connectivity index (χ2n) is 7.68. The maximum absolute atomic E-state index is 12.8. The number of nitrogens with one attached hydrogen (secondary N) is 2. The second-order valence-corrected chi connectivity index (χ2v) is 7.68. The molecule has 2 N–H and O–H groups in total. The summed E-state index contributed by atoms with van der Waals surface area (Å²) in [5.41, 5.74) is 4.34. The average molecular weight is 422 g/mol. The number of aryl methyl sites for hydroxylation is 1. The van der Waals surface area contributed by atoms with Gasteiger partial charge in [-0.05, 0) is 43.2 Å². The molecular weight excluding hydrogens is 400 g/mol. The number of benzene rings is 2. The van der Waals surface area contributed by atoms with Crippen LogP contribution in [0.4, 0.5) is 5.95 Å². The van der Waals surface area contributed by atoms with Gasteiger partial charge in [0.2, 0.25) is 5.95 Å². The van der Waals surface area contributed by atoms with E-state index in [0.717, 1.165) is 16.9 Å². The maximum Gasteiger partial charge on any atom is 0.263 e. The van der Waals surface area contributed by atoms with Crippen LogP contribution >= 0.6 is 0 Å². The van der Waals surface area contributed by atoms with Crippen molar-refractivity contribution in [2.24, 2.45) is 0 Å². The monoisotopic (exact) mass is 422 g/mol. The SMILES string of the molecule is Cc1ccc(CC(Nc2nc3c(cnn3-c3ccccc3)c(=O)[nH]2)c2ccccn2)cc1. The molecule has 2 aromatic carbocycles. The minimum Gasteiger partial charge on any atom is -0.347 e. The van der Waals surface area contributed by atoms with Crippen LogP contribution in [-0.2, 0) is 6.42 Å². The molecule has 5 aromatic rings. The molecule has 7 heteroatoms. The lowest BCUT2D eigenvalue weighted by Gasteiger charge is -2.19. The van der Waals surface area contributed by atoms with Gasteiger partial charge in [-0.1, -0.05) is 54.1 Å². The third-order valence-electron chi connectivity index (χ3n) is 5.36. The topological polar surface area (TPSA) is 88.5 Å². The van der Waals surface area contributed by atoms with Crippen molar-refractivity contribution >= 4 is 17.0 Å². The van der Waals surface area contributed by atoms with Crippen molar-refractivity contribution in [1.82, 2.24) is 24.7 Å². The van der Waals surface area contributed by atoms with Crippen molar-refractivity contribution in [2.45, 2.75) is 19.4 Å². The normalized spacial score (nSPS) is 12.0. The number of rotatable bonds is 6. The van der Waals surface area contributed by atoms with Crippen molar-refractivity contribution in [3.05, 3.63) is 112 Å². The summed E-state index contributed by atoms with van der Waals surface area (Å²) in [6.45, 7) is 2.07. The number of nitrogens with zero attached hydrogens (tertiary/aromatic N) is 4. The van der Waals surface area contributed by atoms with Gasteiger partial charge in [0.15, 0.2) is 5.65 Å². The molecule has 3 aromatic heterocycles. The number of aromatic amines is 1. The van der Waals surface area contributed by atoms with Crippen molar-refractivity contribution in [3.8, 4) is 5.69 Å². The lowest BCUT2D eigenvalue weighted by Crippen LogP contribution is -2.20. The molecule has 32 heavy (non-hydrogen) atoms. The minimum atomic E-state index is -0.241. The van der Waals surface area contributed by atoms with Crippen LogP contribution in [0.2, 0.25) is 0 Å². The summed E-state index contributed by atoms with van der Waals surface area (Å²) in [6, 6.07) is 23.7. The van der Waals surface area contributed by atoms with E-state index in [-0.39, 0.29) is 11.6 Å². The highest BCUT2D eigenvalue weighted by molar-refractivity contribution is 5.76. The molecule has 0 fully saturated rings. The van der Waals surface area contributed by atoms with Crippen molar-refractivity contribution < 1.29 is 0 Å². The molecule has 0 bridgehead atoms. The van der Waals surface area contributed by atoms with Crippen molar-refractivity contribution in [1.29, 1.82) is 0 Å². The van der Waals surface area contributed by atoms with Crippen LogP contribution in [0.5, 0.6) is 0 Å². The first kappa shape index (κ1) is 19.7. The number of fused-ring (bicyclic) bond motifs is 1. The Kier molecular flexibility index (Phi) is 5.21. The Morgan fingerprint density at radius 3 is 2.53 bits per heavy atom. The minimum absolute atomic E-state index is 0.174. The van der Waals surface area contributed by atoms with Gasteiger partial charge in [-0.3, -0.25) is 14.8 Å². The molecule has 0 saturated heterocycles. The Hall–Kier alpha value is -4.26. The van der Waals surface area contributed by atoms with Gasteiger partial charge in [-0.15, -0.1) is 0 Å². The molecule has 158 valence electrons. The number of pyridine rings is 1. The van der Waals surface area contributed by atoms with E-state index in [1.54, 1.807) is 17.1 Å². The number of hydrogen-bond acceptors (Lipinski definition) is 5. The zero-order valence-corrected chi connectivity index (χ0v) is 17.6. The van der Waals surface area contributed by atoms with Gasteiger partial charge in [-0.25, -0.2) is 4.68 Å². The number of hydrogen-bond donors (Lipinski definition) is 2. The Balaban J connectivity index is 1.53. The average Bonchev–Trinajstić information content (AvgIpc) is 3.26. The van der Waals surface area contributed by atoms with Gasteiger partial charge in [0.25, 0.3) is 5.56 Å². The fourth-order valence-electron chi connectivity index (χ4n) is 3.68. The lowest BCUT2D eigenvalue weighted by molar-refractivity contribution is 0.735. The first-order valence-corrected chi connectivity index (χ1v) is 10.4. The zero-order chi connectivity index (χ0) is 21.9. The molecule has 0 spiro atoms. The summed E-state index contributed by atoms with van der Waals surface area (Å²) in [7, 11) is 0. The fraction of sp³-hybridized carbons (Fsp3) is 0.120. The quantitative estimate of drug-likeness (QED) is 0.428. The summed E-state index contributed by atoms with van der Waals surface area (Å²) < 4.78 is 1.67. The molecule has 0 radical (unpaired) electrons. The Labute approximate surface area is 184 Å². The highest BCUT2D eigenvalue weighted by atomic mass is 16.1. The van der Waals surface area contributed by atoms with Crippen LogP contribution in [0.3, 0.4) is 0 Å². The van der Waals surface area contributed by atoms with Gasteiger partial charge in [0.1, 0.15) is 5.39 Å². The summed E-state index contributed by atoms with van der Waals surface area (Å²) >= 11 is 0. The smallest absolute Gasteiger partial charge is 0.263 e. The van der Waals surface area contributed by atoms with Crippen LogP contribution in [0.25, 0.3) is 16.7 Å². The largest absolute Gasteiger partial charge is 0.347 e. The van der Waals surface area contributed by atoms with Gasteiger partial charge >= 0.3 is 0 Å². The van der Waals surface area contributed by atoms with E-state index in [4.69, 9.17) is 4.98 Å². The van der Waals surface area contributed by atoms with Crippen LogP contribution in [-0.4, -0.2) is 24.7 Å². The lowest BCUT2D eigenvalue weighted by atomic mass is 10.0. The van der Waals surface area contributed by atoms with Crippen LogP contribution in [0, 0.1) is 6.92 Å². The molecule has 1 unspecified atom stereocenters. The molecule has 0 aliphatic carbocycles. The van der Waals surface area contributed by atoms with Gasteiger partial charge in [0, 0.05) is 6.20 Å². The summed E-state index contributed by atoms with van der Waals surface area (Å²) in [6.07, 6.45) is 4.00. The highest BCUT2D eigenvalue weighted by Gasteiger charge is 2.17. The number of anilines is 1. The van der Waals surface area contributed by atoms with Gasteiger partial charge in [0.05, 0.1) is 23.6 Å². The molecule has 7 nitrogen and oxygen atoms in total. The third-order valence-corrected chi connectivity index (χ3v) is 5.36. The molecule has 1 atom stereocenters. The molecule has 5 rings (SSSR count). The standard InChI is InChI=1S/C25H22N6O/c1-17-10-12-18(13-11-17)15-22(21-9-5-6-14-26-21)28-25-29-23-20(24(32)30-25)16-27-31(23)19-7-3-2-4-8-19/h2-14,16,22H,15H2,1H3,(H2,28,29,30,32). The van der Waals surface area contributed by atoms with E-state index in [0.29, 0.717) is 23.4 Å². The Morgan fingerprint density at radius 1 is 1.00 bits per heavy atom. The maximum atomic E-state index is 12.8. The number of H-pyrrole nitrogens is 1. The van der Waals surface area contributed by atoms with E-state index in [2.05, 4.69) is 51.6 Å². The van der Waals surface area contributed by atoms with E-state index in [1.165, 1.54) is 5.56 Å². The second kappa shape index (κ2) is 8.47. The van der Waals surface area contributed by atoms with Gasteiger partial charge in [-0.2, -0.15) is 10.1 Å². The number of aromatic nitrogens is 5. The van der Waals surface area contributed by atoms with E-state index < -0.39 is 0 Å². The van der Waals surface area contributed by atoms with Crippen molar-refractivity contribution in [3.63, 3.8) is 0 Å². The Bertz CT molecular complexity index is 1390. The van der Waals surface area contributed by atoms with E-state index >= 15 is 0 Å². The molecule has 0 aliphatic rings. The highest BCUT2D eigenvalue weighted by Crippen LogP contribution is 2.22. The first-order chi connectivity index (χ1) is 15.7. The van der Waals surface area contributed by atoms with Crippen LogP contribution in [0.1, 0.15) is 22.9 Å². The fourth-order valence-corrected chi connectivity index (χ4v) is 3.68. The van der Waals surface area contributed by atoms with Crippen LogP contribution < -0.4 is 10.9 Å². The molecular formula is C25H22N6O. The zero-order valence-electron chi connectivity index (χ0n) is 17.6. The number of para-hydroxylation sites is 1. The summed E-state index contributed by atoms with van der Waals surface area (Å²) in [5.74, 6) is 0.378. The van der Waals surface area contributed by atoms with E-state index in [1.807, 2.05) is 48.5 Å². The predicted octanol–water partition coefficient (Wildman–Crippen LogP) is 4.21. The molecule has 0 aliphatic heterocycles. The van der Waals surface area contributed by atoms with Crippen LogP contribution in [0.15, 0.2) is 90.0 Å². The molecule has 0 saturated carbocycles. The van der Waals surface area contributed by atoms with E-state index in [9.17, 15) is 4.79 Å². The third kappa shape index (κ3) is 4.00. The molecule has 0 amide bonds. The summed E-state index contributed by atoms with van der Waals surface area (Å²) in [5, 5.41) is 8.20.